The zero-order valence-corrected chi connectivity index (χ0v) is 20.5. The van der Waals surface area contributed by atoms with Crippen molar-refractivity contribution in [2.45, 2.75) is 116 Å². The van der Waals surface area contributed by atoms with Crippen molar-refractivity contribution in [2.75, 3.05) is 0 Å². The molecule has 6 atom stereocenters. The number of hydrogen-bond acceptors (Lipinski definition) is 2. The van der Waals surface area contributed by atoms with Crippen LogP contribution < -0.4 is 0 Å². The molecule has 0 radical (unpaired) electrons. The molecule has 4 rings (SSSR count). The van der Waals surface area contributed by atoms with Crippen LogP contribution in [0.1, 0.15) is 105 Å². The molecule has 0 aliphatic heterocycles. The lowest BCUT2D eigenvalue weighted by molar-refractivity contribution is 0.0596. The van der Waals surface area contributed by atoms with Gasteiger partial charge in [0.25, 0.3) is 0 Å². The van der Waals surface area contributed by atoms with E-state index in [0.29, 0.717) is 11.3 Å². The van der Waals surface area contributed by atoms with Gasteiger partial charge in [-0.15, -0.1) is 0 Å². The summed E-state index contributed by atoms with van der Waals surface area (Å²) >= 11 is 0. The molecular weight excluding hydrogens is 380 g/mol. The first-order chi connectivity index (χ1) is 14.7. The van der Waals surface area contributed by atoms with Gasteiger partial charge in [0.05, 0.1) is 11.7 Å². The van der Waals surface area contributed by atoms with Crippen molar-refractivity contribution in [2.24, 2.45) is 29.1 Å². The second-order valence-electron chi connectivity index (χ2n) is 12.2. The fourth-order valence-electron chi connectivity index (χ4n) is 7.81. The van der Waals surface area contributed by atoms with Crippen molar-refractivity contribution < 1.29 is 10.2 Å². The number of aliphatic hydroxyl groups is 2. The molecule has 0 unspecified atom stereocenters. The molecule has 0 aromatic carbocycles. The monoisotopic (exact) mass is 426 g/mol. The first-order valence-electron chi connectivity index (χ1n) is 13.2. The van der Waals surface area contributed by atoms with Crippen LogP contribution in [-0.4, -0.2) is 21.9 Å². The summed E-state index contributed by atoms with van der Waals surface area (Å²) in [6.45, 7) is 8.93. The van der Waals surface area contributed by atoms with Crippen LogP contribution in [-0.2, 0) is 0 Å². The van der Waals surface area contributed by atoms with Crippen LogP contribution in [0.3, 0.4) is 0 Å². The topological polar surface area (TPSA) is 40.5 Å². The van der Waals surface area contributed by atoms with E-state index < -0.39 is 5.60 Å². The smallest absolute Gasteiger partial charge is 0.0790 e. The van der Waals surface area contributed by atoms with Crippen molar-refractivity contribution in [1.29, 1.82) is 0 Å². The number of rotatable bonds is 6. The lowest BCUT2D eigenvalue weighted by atomic mass is 9.60. The molecule has 2 heteroatoms. The maximum absolute atomic E-state index is 10.5. The second kappa shape index (κ2) is 9.18. The van der Waals surface area contributed by atoms with Gasteiger partial charge >= 0.3 is 0 Å². The molecule has 0 heterocycles. The Morgan fingerprint density at radius 2 is 2.00 bits per heavy atom. The minimum absolute atomic E-state index is 0.233. The number of aliphatic hydroxyl groups excluding tert-OH is 1. The fourth-order valence-corrected chi connectivity index (χ4v) is 7.81. The SMILES string of the molecule is C[C@H](CCCC(C)(C)O)[C@H]1CC[C@H]2/C(=C/C=C3\C[C@@H]4CCC=C4[C@H](O)C3)CCC[C@]12C. The molecule has 0 spiro atoms. The van der Waals surface area contributed by atoms with Crippen LogP contribution in [0.2, 0.25) is 0 Å². The summed E-state index contributed by atoms with van der Waals surface area (Å²) in [7, 11) is 0. The Hall–Kier alpha value is -0.860. The molecule has 2 nitrogen and oxygen atoms in total. The third-order valence-electron chi connectivity index (χ3n) is 9.42. The van der Waals surface area contributed by atoms with Gasteiger partial charge in [-0.25, -0.2) is 0 Å². The summed E-state index contributed by atoms with van der Waals surface area (Å²) < 4.78 is 0. The van der Waals surface area contributed by atoms with Gasteiger partial charge in [0.15, 0.2) is 0 Å². The van der Waals surface area contributed by atoms with Crippen LogP contribution in [0.5, 0.6) is 0 Å². The molecule has 0 saturated heterocycles. The lowest BCUT2D eigenvalue weighted by Gasteiger charge is -2.44. The highest BCUT2D eigenvalue weighted by atomic mass is 16.3. The Labute approximate surface area is 190 Å². The number of fused-ring (bicyclic) bond motifs is 2. The summed E-state index contributed by atoms with van der Waals surface area (Å²) in [5.41, 5.74) is 4.40. The Morgan fingerprint density at radius 1 is 1.19 bits per heavy atom. The molecule has 4 aliphatic carbocycles. The van der Waals surface area contributed by atoms with Gasteiger partial charge in [0, 0.05) is 0 Å². The highest BCUT2D eigenvalue weighted by molar-refractivity contribution is 5.31. The zero-order chi connectivity index (χ0) is 22.2. The molecule has 0 amide bonds. The van der Waals surface area contributed by atoms with Crippen molar-refractivity contribution in [3.05, 3.63) is 34.9 Å². The van der Waals surface area contributed by atoms with Crippen LogP contribution >= 0.6 is 0 Å². The van der Waals surface area contributed by atoms with Crippen molar-refractivity contribution in [3.63, 3.8) is 0 Å². The fraction of sp³-hybridized carbons (Fsp3) is 0.793. The predicted octanol–water partition coefficient (Wildman–Crippen LogP) is 7.12. The van der Waals surface area contributed by atoms with Gasteiger partial charge in [-0.2, -0.15) is 0 Å². The highest BCUT2D eigenvalue weighted by Gasteiger charge is 2.50. The van der Waals surface area contributed by atoms with Crippen LogP contribution in [0, 0.1) is 29.1 Å². The average Bonchev–Trinajstić information content (AvgIpc) is 3.29. The van der Waals surface area contributed by atoms with E-state index in [1.807, 2.05) is 13.8 Å². The summed E-state index contributed by atoms with van der Waals surface area (Å²) in [5, 5.41) is 20.6. The van der Waals surface area contributed by atoms with E-state index >= 15 is 0 Å². The van der Waals surface area contributed by atoms with E-state index in [0.717, 1.165) is 49.9 Å². The van der Waals surface area contributed by atoms with E-state index in [1.165, 1.54) is 56.1 Å². The third kappa shape index (κ3) is 5.06. The Morgan fingerprint density at radius 3 is 2.77 bits per heavy atom. The van der Waals surface area contributed by atoms with E-state index in [-0.39, 0.29) is 6.10 Å². The number of hydrogen-bond donors (Lipinski definition) is 2. The van der Waals surface area contributed by atoms with Gasteiger partial charge < -0.3 is 10.2 Å². The van der Waals surface area contributed by atoms with Gasteiger partial charge in [0.2, 0.25) is 0 Å². The Bertz CT molecular complexity index is 736. The zero-order valence-electron chi connectivity index (χ0n) is 20.5. The summed E-state index contributed by atoms with van der Waals surface area (Å²) in [5.74, 6) is 2.91. The summed E-state index contributed by atoms with van der Waals surface area (Å²) in [4.78, 5) is 0. The summed E-state index contributed by atoms with van der Waals surface area (Å²) in [6, 6.07) is 0. The molecule has 174 valence electrons. The molecule has 4 aliphatic rings. The largest absolute Gasteiger partial charge is 0.390 e. The Balaban J connectivity index is 1.42. The lowest BCUT2D eigenvalue weighted by Crippen LogP contribution is -2.36. The molecular formula is C29H46O2. The second-order valence-corrected chi connectivity index (χ2v) is 12.2. The maximum Gasteiger partial charge on any atom is 0.0790 e. The molecule has 0 bridgehead atoms. The van der Waals surface area contributed by atoms with Gasteiger partial charge in [-0.3, -0.25) is 0 Å². The van der Waals surface area contributed by atoms with E-state index in [1.54, 1.807) is 5.57 Å². The van der Waals surface area contributed by atoms with E-state index in [4.69, 9.17) is 0 Å². The van der Waals surface area contributed by atoms with Gasteiger partial charge in [0.1, 0.15) is 0 Å². The minimum atomic E-state index is -0.530. The maximum atomic E-state index is 10.5. The average molecular weight is 427 g/mol. The molecule has 0 aromatic heterocycles. The first-order valence-corrected chi connectivity index (χ1v) is 13.2. The van der Waals surface area contributed by atoms with Gasteiger partial charge in [-0.05, 0) is 113 Å². The van der Waals surface area contributed by atoms with Crippen LogP contribution in [0.4, 0.5) is 0 Å². The molecule has 3 fully saturated rings. The van der Waals surface area contributed by atoms with E-state index in [9.17, 15) is 10.2 Å². The normalized spacial score (nSPS) is 39.5. The quantitative estimate of drug-likeness (QED) is 0.444. The third-order valence-corrected chi connectivity index (χ3v) is 9.42. The molecule has 2 N–H and O–H groups in total. The molecule has 31 heavy (non-hydrogen) atoms. The molecule has 0 aromatic rings. The number of allylic oxidation sites excluding steroid dienone is 4. The van der Waals surface area contributed by atoms with Crippen LogP contribution in [0.15, 0.2) is 34.9 Å². The molecule has 3 saturated carbocycles. The highest BCUT2D eigenvalue weighted by Crippen LogP contribution is 2.60. The first kappa shape index (κ1) is 23.3. The van der Waals surface area contributed by atoms with Gasteiger partial charge in [-0.1, -0.05) is 56.1 Å². The van der Waals surface area contributed by atoms with Crippen molar-refractivity contribution in [1.82, 2.24) is 0 Å². The van der Waals surface area contributed by atoms with Crippen molar-refractivity contribution in [3.8, 4) is 0 Å². The van der Waals surface area contributed by atoms with Crippen molar-refractivity contribution >= 4 is 0 Å². The predicted molar refractivity (Wildman–Crippen MR) is 130 cm³/mol. The minimum Gasteiger partial charge on any atom is -0.390 e. The Kier molecular flexibility index (Phi) is 6.90. The van der Waals surface area contributed by atoms with E-state index in [2.05, 4.69) is 32.1 Å². The summed E-state index contributed by atoms with van der Waals surface area (Å²) in [6.07, 6.45) is 21.3. The standard InChI is InChI=1S/C29H46O2/c1-20(8-6-16-28(2,3)31)25-14-15-26-22(10-7-17-29(25,26)4)13-12-21-18-23-9-5-11-24(23)27(30)19-21/h11-13,20,23,25-27,30-31H,5-10,14-19H2,1-4H3/b21-12+,22-13+/t20-,23+,25-,26+,27-,29-/m1/s1. The van der Waals surface area contributed by atoms with Crippen LogP contribution in [0.25, 0.3) is 0 Å².